The van der Waals surface area contributed by atoms with Gasteiger partial charge in [0.05, 0.1) is 0 Å². The molecule has 0 unspecified atom stereocenters. The highest BCUT2D eigenvalue weighted by Crippen LogP contribution is 2.21. The van der Waals surface area contributed by atoms with Gasteiger partial charge in [0.1, 0.15) is 17.3 Å². The van der Waals surface area contributed by atoms with Gasteiger partial charge in [-0.25, -0.2) is 9.97 Å². The summed E-state index contributed by atoms with van der Waals surface area (Å²) in [5.74, 6) is 1.05. The molecule has 1 heterocycles. The van der Waals surface area contributed by atoms with E-state index in [4.69, 9.17) is 11.6 Å². The van der Waals surface area contributed by atoms with Gasteiger partial charge in [-0.2, -0.15) is 0 Å². The van der Waals surface area contributed by atoms with E-state index in [2.05, 4.69) is 20.6 Å². The Morgan fingerprint density at radius 2 is 1.76 bits per heavy atom. The number of aromatic nitrogens is 2. The van der Waals surface area contributed by atoms with Crippen molar-refractivity contribution < 1.29 is 4.79 Å². The van der Waals surface area contributed by atoms with Crippen LogP contribution in [-0.4, -0.2) is 21.9 Å². The van der Waals surface area contributed by atoms with Gasteiger partial charge in [-0.05, 0) is 44.0 Å². The summed E-state index contributed by atoms with van der Waals surface area (Å²) in [6.07, 6.45) is 7.38. The predicted octanol–water partition coefficient (Wildman–Crippen LogP) is 4.83. The van der Waals surface area contributed by atoms with E-state index in [1.54, 1.807) is 37.3 Å². The number of hydrogen-bond acceptors (Lipinski definition) is 4. The Bertz CT molecular complexity index is 725. The Kier molecular flexibility index (Phi) is 5.87. The Morgan fingerprint density at radius 3 is 2.44 bits per heavy atom. The molecule has 0 spiro atoms. The van der Waals surface area contributed by atoms with Crippen LogP contribution in [0.3, 0.4) is 0 Å². The molecule has 132 valence electrons. The summed E-state index contributed by atoms with van der Waals surface area (Å²) in [5, 5.41) is 6.95. The normalized spacial score (nSPS) is 15.4. The molecule has 6 heteroatoms. The Morgan fingerprint density at radius 1 is 1.08 bits per heavy atom. The van der Waals surface area contributed by atoms with E-state index in [1.807, 2.05) is 0 Å². The van der Waals surface area contributed by atoms with Crippen molar-refractivity contribution in [1.82, 2.24) is 9.97 Å². The van der Waals surface area contributed by atoms with Crippen LogP contribution in [0.1, 0.15) is 54.8 Å². The molecule has 1 saturated carbocycles. The number of carbonyl (C=O) groups excluding carboxylic acids is 1. The van der Waals surface area contributed by atoms with Gasteiger partial charge < -0.3 is 10.6 Å². The van der Waals surface area contributed by atoms with E-state index in [1.165, 1.54) is 25.7 Å². The summed E-state index contributed by atoms with van der Waals surface area (Å²) >= 11 is 5.87. The molecule has 1 aromatic carbocycles. The lowest BCUT2D eigenvalue weighted by atomic mass is 10.1. The molecular weight excluding hydrogens is 336 g/mol. The van der Waals surface area contributed by atoms with Gasteiger partial charge in [0, 0.05) is 22.8 Å². The Balaban J connectivity index is 1.71. The van der Waals surface area contributed by atoms with Gasteiger partial charge in [0.25, 0.3) is 5.91 Å². The zero-order valence-electron chi connectivity index (χ0n) is 14.4. The first-order chi connectivity index (χ1) is 12.1. The molecule has 25 heavy (non-hydrogen) atoms. The number of hydrogen-bond donors (Lipinski definition) is 2. The van der Waals surface area contributed by atoms with Crippen molar-refractivity contribution in [3.05, 3.63) is 46.9 Å². The molecule has 0 atom stereocenters. The molecule has 3 rings (SSSR count). The highest BCUT2D eigenvalue weighted by Gasteiger charge is 2.15. The number of rotatable bonds is 4. The maximum Gasteiger partial charge on any atom is 0.274 e. The number of halogens is 1. The third kappa shape index (κ3) is 5.16. The molecule has 0 radical (unpaired) electrons. The summed E-state index contributed by atoms with van der Waals surface area (Å²) in [6.45, 7) is 1.80. The molecule has 0 aliphatic heterocycles. The Labute approximate surface area is 153 Å². The van der Waals surface area contributed by atoms with E-state index in [9.17, 15) is 4.79 Å². The lowest BCUT2D eigenvalue weighted by Crippen LogP contribution is -2.21. The van der Waals surface area contributed by atoms with Gasteiger partial charge >= 0.3 is 0 Å². The second kappa shape index (κ2) is 8.30. The van der Waals surface area contributed by atoms with Gasteiger partial charge in [0.15, 0.2) is 0 Å². The zero-order valence-corrected chi connectivity index (χ0v) is 15.1. The topological polar surface area (TPSA) is 66.9 Å². The monoisotopic (exact) mass is 358 g/mol. The molecule has 1 aromatic heterocycles. The van der Waals surface area contributed by atoms with Crippen LogP contribution in [0.15, 0.2) is 30.3 Å². The number of carbonyl (C=O) groups is 1. The van der Waals surface area contributed by atoms with E-state index in [-0.39, 0.29) is 5.91 Å². The minimum absolute atomic E-state index is 0.253. The fourth-order valence-corrected chi connectivity index (χ4v) is 3.25. The predicted molar refractivity (Wildman–Crippen MR) is 101 cm³/mol. The van der Waals surface area contributed by atoms with Crippen molar-refractivity contribution in [3.63, 3.8) is 0 Å². The van der Waals surface area contributed by atoms with Crippen LogP contribution in [0.5, 0.6) is 0 Å². The van der Waals surface area contributed by atoms with Gasteiger partial charge in [-0.3, -0.25) is 4.79 Å². The molecule has 2 N–H and O–H groups in total. The van der Waals surface area contributed by atoms with Crippen LogP contribution in [0.25, 0.3) is 0 Å². The first-order valence-electron chi connectivity index (χ1n) is 8.79. The van der Waals surface area contributed by atoms with E-state index in [0.29, 0.717) is 28.3 Å². The number of aryl methyl sites for hydroxylation is 1. The van der Waals surface area contributed by atoms with Crippen LogP contribution in [0, 0.1) is 6.92 Å². The minimum atomic E-state index is -0.253. The second-order valence-electron chi connectivity index (χ2n) is 6.48. The molecular formula is C19H23ClN4O. The van der Waals surface area contributed by atoms with Crippen molar-refractivity contribution in [2.75, 3.05) is 10.6 Å². The summed E-state index contributed by atoms with van der Waals surface area (Å²) < 4.78 is 0. The van der Waals surface area contributed by atoms with Crippen LogP contribution >= 0.6 is 11.6 Å². The standard InChI is InChI=1S/C19H23ClN4O/c1-13-21-17(19(25)24-16-10-8-14(20)9-11-16)12-18(22-13)23-15-6-4-2-3-5-7-15/h8-12,15H,2-7H2,1H3,(H,24,25)(H,21,22,23). The highest BCUT2D eigenvalue weighted by atomic mass is 35.5. The van der Waals surface area contributed by atoms with E-state index < -0.39 is 0 Å². The lowest BCUT2D eigenvalue weighted by Gasteiger charge is -2.17. The van der Waals surface area contributed by atoms with Gasteiger partial charge in [-0.15, -0.1) is 0 Å². The zero-order chi connectivity index (χ0) is 17.6. The van der Waals surface area contributed by atoms with E-state index >= 15 is 0 Å². The summed E-state index contributed by atoms with van der Waals surface area (Å²) in [7, 11) is 0. The van der Waals surface area contributed by atoms with Crippen molar-refractivity contribution in [2.45, 2.75) is 51.5 Å². The number of benzene rings is 1. The summed E-state index contributed by atoms with van der Waals surface area (Å²) in [5.41, 5.74) is 1.04. The summed E-state index contributed by atoms with van der Waals surface area (Å²) in [6, 6.07) is 9.15. The molecule has 1 amide bonds. The smallest absolute Gasteiger partial charge is 0.274 e. The molecule has 5 nitrogen and oxygen atoms in total. The average Bonchev–Trinajstić information content (AvgIpc) is 2.85. The van der Waals surface area contributed by atoms with Crippen molar-refractivity contribution in [3.8, 4) is 0 Å². The van der Waals surface area contributed by atoms with Gasteiger partial charge in [-0.1, -0.05) is 37.3 Å². The highest BCUT2D eigenvalue weighted by molar-refractivity contribution is 6.30. The largest absolute Gasteiger partial charge is 0.367 e. The number of amides is 1. The van der Waals surface area contributed by atoms with Crippen LogP contribution in [-0.2, 0) is 0 Å². The number of nitrogens with zero attached hydrogens (tertiary/aromatic N) is 2. The number of nitrogens with one attached hydrogen (secondary N) is 2. The van der Waals surface area contributed by atoms with E-state index in [0.717, 1.165) is 18.7 Å². The molecule has 0 bridgehead atoms. The van der Waals surface area contributed by atoms with Crippen LogP contribution in [0.4, 0.5) is 11.5 Å². The Hall–Kier alpha value is -2.14. The van der Waals surface area contributed by atoms with Crippen LogP contribution < -0.4 is 10.6 Å². The maximum absolute atomic E-state index is 12.5. The number of anilines is 2. The fraction of sp³-hybridized carbons (Fsp3) is 0.421. The molecule has 1 aliphatic carbocycles. The average molecular weight is 359 g/mol. The van der Waals surface area contributed by atoms with Crippen molar-refractivity contribution >= 4 is 29.0 Å². The maximum atomic E-state index is 12.5. The third-order valence-corrected chi connectivity index (χ3v) is 4.63. The summed E-state index contributed by atoms with van der Waals surface area (Å²) in [4.78, 5) is 21.2. The fourth-order valence-electron chi connectivity index (χ4n) is 3.12. The molecule has 0 saturated heterocycles. The molecule has 1 aliphatic rings. The third-order valence-electron chi connectivity index (χ3n) is 4.38. The van der Waals surface area contributed by atoms with Crippen molar-refractivity contribution in [1.29, 1.82) is 0 Å². The second-order valence-corrected chi connectivity index (χ2v) is 6.92. The lowest BCUT2D eigenvalue weighted by molar-refractivity contribution is 0.102. The molecule has 1 fully saturated rings. The molecule has 2 aromatic rings. The quantitative estimate of drug-likeness (QED) is 0.768. The first kappa shape index (κ1) is 17.7. The minimum Gasteiger partial charge on any atom is -0.367 e. The SMILES string of the molecule is Cc1nc(NC2CCCCCC2)cc(C(=O)Nc2ccc(Cl)cc2)n1. The van der Waals surface area contributed by atoms with Crippen molar-refractivity contribution in [2.24, 2.45) is 0 Å². The first-order valence-corrected chi connectivity index (χ1v) is 9.17. The van der Waals surface area contributed by atoms with Crippen LogP contribution in [0.2, 0.25) is 5.02 Å². The van der Waals surface area contributed by atoms with Gasteiger partial charge in [0.2, 0.25) is 0 Å².